The van der Waals surface area contributed by atoms with Crippen molar-refractivity contribution in [2.45, 2.75) is 37.0 Å². The average Bonchev–Trinajstić information content (AvgIpc) is 2.84. The lowest BCUT2D eigenvalue weighted by Crippen LogP contribution is -2.25. The van der Waals surface area contributed by atoms with Gasteiger partial charge in [-0.3, -0.25) is 9.79 Å². The largest absolute Gasteiger partial charge is 0.352 e. The zero-order valence-electron chi connectivity index (χ0n) is 17.0. The van der Waals surface area contributed by atoms with Crippen LogP contribution in [0.25, 0.3) is 0 Å². The highest BCUT2D eigenvalue weighted by Crippen LogP contribution is 2.40. The molecule has 0 fully saturated rings. The maximum atomic E-state index is 12.6. The monoisotopic (exact) mass is 400 g/mol. The number of hydrogen-bond acceptors (Lipinski definition) is 3. The highest BCUT2D eigenvalue weighted by Gasteiger charge is 2.17. The lowest BCUT2D eigenvalue weighted by molar-refractivity contribution is 0.0954. The summed E-state index contributed by atoms with van der Waals surface area (Å²) < 4.78 is 0. The number of nitrogens with one attached hydrogen (secondary N) is 1. The molecule has 0 spiro atoms. The molecular weight excluding hydrogens is 376 g/mol. The Kier molecular flexibility index (Phi) is 5.54. The Morgan fingerprint density at radius 2 is 1.62 bits per heavy atom. The molecule has 4 heteroatoms. The van der Waals surface area contributed by atoms with Gasteiger partial charge in [0.1, 0.15) is 0 Å². The van der Waals surface area contributed by atoms with Crippen molar-refractivity contribution in [3.63, 3.8) is 0 Å². The zero-order valence-corrected chi connectivity index (χ0v) is 17.8. The Balaban J connectivity index is 1.49. The molecule has 0 radical (unpaired) electrons. The number of hydrogen-bond donors (Lipinski definition) is 1. The molecule has 0 saturated heterocycles. The van der Waals surface area contributed by atoms with Gasteiger partial charge in [-0.15, -0.1) is 0 Å². The van der Waals surface area contributed by atoms with Gasteiger partial charge in [-0.25, -0.2) is 0 Å². The lowest BCUT2D eigenvalue weighted by atomic mass is 10.1. The van der Waals surface area contributed by atoms with E-state index in [2.05, 4.69) is 61.6 Å². The molecule has 3 aromatic carbocycles. The van der Waals surface area contributed by atoms with Crippen LogP contribution in [-0.2, 0) is 6.42 Å². The highest BCUT2D eigenvalue weighted by atomic mass is 32.2. The van der Waals surface area contributed by atoms with Gasteiger partial charge in [-0.05, 0) is 63.1 Å². The molecule has 0 atom stereocenters. The van der Waals surface area contributed by atoms with Crippen LogP contribution in [0, 0.1) is 13.8 Å². The van der Waals surface area contributed by atoms with Crippen LogP contribution in [0.5, 0.6) is 0 Å². The first-order chi connectivity index (χ1) is 14.0. The first-order valence-electron chi connectivity index (χ1n) is 9.81. The van der Waals surface area contributed by atoms with E-state index < -0.39 is 0 Å². The Bertz CT molecular complexity index is 1100. The molecule has 4 rings (SSSR count). The molecule has 0 saturated carbocycles. The fraction of sp³-hybridized carbons (Fsp3) is 0.200. The summed E-state index contributed by atoms with van der Waals surface area (Å²) in [5.74, 6) is -0.0598. The normalized spacial score (nSPS) is 12.4. The van der Waals surface area contributed by atoms with Crippen molar-refractivity contribution >= 4 is 29.1 Å². The molecule has 0 unspecified atom stereocenters. The van der Waals surface area contributed by atoms with Crippen molar-refractivity contribution in [1.29, 1.82) is 0 Å². The molecule has 29 heavy (non-hydrogen) atoms. The van der Waals surface area contributed by atoms with Gasteiger partial charge in [0.05, 0.1) is 5.69 Å². The number of fused-ring (bicyclic) bond motifs is 2. The van der Waals surface area contributed by atoms with Gasteiger partial charge >= 0.3 is 0 Å². The summed E-state index contributed by atoms with van der Waals surface area (Å²) >= 11 is 1.71. The Morgan fingerprint density at radius 1 is 0.897 bits per heavy atom. The summed E-state index contributed by atoms with van der Waals surface area (Å²) in [5, 5.41) is 3.03. The van der Waals surface area contributed by atoms with Crippen LogP contribution in [0.1, 0.15) is 39.5 Å². The summed E-state index contributed by atoms with van der Waals surface area (Å²) in [5.41, 5.74) is 7.33. The average molecular weight is 401 g/mol. The Labute approximate surface area is 176 Å². The van der Waals surface area contributed by atoms with Crippen molar-refractivity contribution in [3.05, 3.63) is 88.5 Å². The van der Waals surface area contributed by atoms with E-state index in [-0.39, 0.29) is 5.91 Å². The van der Waals surface area contributed by atoms with Crippen LogP contribution >= 0.6 is 11.8 Å². The van der Waals surface area contributed by atoms with Gasteiger partial charge in [0, 0.05) is 33.2 Å². The predicted octanol–water partition coefficient (Wildman–Crippen LogP) is 5.88. The molecule has 3 aromatic rings. The zero-order chi connectivity index (χ0) is 20.4. The van der Waals surface area contributed by atoms with Crippen molar-refractivity contribution in [3.8, 4) is 0 Å². The molecule has 146 valence electrons. The minimum atomic E-state index is -0.0598. The topological polar surface area (TPSA) is 41.5 Å². The second kappa shape index (κ2) is 8.26. The van der Waals surface area contributed by atoms with E-state index in [0.29, 0.717) is 12.1 Å². The van der Waals surface area contributed by atoms with Crippen molar-refractivity contribution in [2.75, 3.05) is 6.54 Å². The highest BCUT2D eigenvalue weighted by molar-refractivity contribution is 7.99. The number of nitrogens with zero attached hydrogens (tertiary/aromatic N) is 1. The number of carbonyl (C=O) groups excluding carboxylic acids is 1. The van der Waals surface area contributed by atoms with Gasteiger partial charge in [0.15, 0.2) is 0 Å². The summed E-state index contributed by atoms with van der Waals surface area (Å²) in [6.45, 7) is 6.81. The maximum Gasteiger partial charge on any atom is 0.251 e. The third-order valence-corrected chi connectivity index (χ3v) is 6.21. The molecule has 1 heterocycles. The molecule has 1 amide bonds. The number of rotatable bonds is 4. The Hall–Kier alpha value is -2.85. The summed E-state index contributed by atoms with van der Waals surface area (Å²) in [7, 11) is 0. The second-order valence-corrected chi connectivity index (χ2v) is 8.56. The first-order valence-corrected chi connectivity index (χ1v) is 10.6. The molecule has 1 aliphatic rings. The third kappa shape index (κ3) is 4.43. The second-order valence-electron chi connectivity index (χ2n) is 7.47. The van der Waals surface area contributed by atoms with E-state index in [4.69, 9.17) is 4.99 Å². The maximum absolute atomic E-state index is 12.6. The van der Waals surface area contributed by atoms with Crippen LogP contribution in [0.3, 0.4) is 0 Å². The van der Waals surface area contributed by atoms with Gasteiger partial charge in [-0.2, -0.15) is 0 Å². The summed E-state index contributed by atoms with van der Waals surface area (Å²) in [4.78, 5) is 19.7. The molecule has 3 nitrogen and oxygen atoms in total. The number of aryl methyl sites for hydroxylation is 2. The fourth-order valence-electron chi connectivity index (χ4n) is 3.38. The van der Waals surface area contributed by atoms with Gasteiger partial charge in [0.2, 0.25) is 0 Å². The number of amides is 1. The van der Waals surface area contributed by atoms with E-state index in [0.717, 1.165) is 28.3 Å². The van der Waals surface area contributed by atoms with E-state index in [1.807, 2.05) is 25.1 Å². The third-order valence-electron chi connectivity index (χ3n) is 5.07. The SMILES string of the molecule is CC1=Nc2cc(C(=O)NCCc3ccc(C)cc3)ccc2Sc2ccc(C)cc21. The van der Waals surface area contributed by atoms with E-state index in [1.165, 1.54) is 21.6 Å². The summed E-state index contributed by atoms with van der Waals surface area (Å²) in [6.07, 6.45) is 0.818. The summed E-state index contributed by atoms with van der Waals surface area (Å²) in [6, 6.07) is 20.6. The standard InChI is InChI=1S/C25H24N2OS/c1-16-4-7-19(8-5-16)12-13-26-25(28)20-9-11-24-22(15-20)27-18(3)21-14-17(2)6-10-23(21)29-24/h4-11,14-15H,12-13H2,1-3H3,(H,26,28). The van der Waals surface area contributed by atoms with Gasteiger partial charge < -0.3 is 5.32 Å². The van der Waals surface area contributed by atoms with Crippen LogP contribution in [-0.4, -0.2) is 18.2 Å². The van der Waals surface area contributed by atoms with Crippen molar-refractivity contribution < 1.29 is 4.79 Å². The number of aliphatic imine (C=N–C) groups is 1. The van der Waals surface area contributed by atoms with Crippen LogP contribution < -0.4 is 5.32 Å². The van der Waals surface area contributed by atoms with E-state index in [9.17, 15) is 4.79 Å². The molecular formula is C25H24N2OS. The smallest absolute Gasteiger partial charge is 0.251 e. The Morgan fingerprint density at radius 3 is 2.41 bits per heavy atom. The number of carbonyl (C=O) groups is 1. The minimum absolute atomic E-state index is 0.0598. The predicted molar refractivity (Wildman–Crippen MR) is 121 cm³/mol. The molecule has 0 bridgehead atoms. The quantitative estimate of drug-likeness (QED) is 0.594. The molecule has 1 aliphatic heterocycles. The van der Waals surface area contributed by atoms with Crippen LogP contribution in [0.4, 0.5) is 5.69 Å². The number of benzene rings is 3. The van der Waals surface area contributed by atoms with E-state index in [1.54, 1.807) is 11.8 Å². The van der Waals surface area contributed by atoms with Gasteiger partial charge in [-0.1, -0.05) is 53.2 Å². The minimum Gasteiger partial charge on any atom is -0.352 e. The van der Waals surface area contributed by atoms with Crippen molar-refractivity contribution in [2.24, 2.45) is 4.99 Å². The first kappa shape index (κ1) is 19.5. The van der Waals surface area contributed by atoms with Gasteiger partial charge in [0.25, 0.3) is 5.91 Å². The lowest BCUT2D eigenvalue weighted by Gasteiger charge is -2.09. The van der Waals surface area contributed by atoms with Crippen molar-refractivity contribution in [1.82, 2.24) is 5.32 Å². The van der Waals surface area contributed by atoms with Crippen LogP contribution in [0.2, 0.25) is 0 Å². The molecule has 0 aromatic heterocycles. The fourth-order valence-corrected chi connectivity index (χ4v) is 4.42. The molecule has 1 N–H and O–H groups in total. The van der Waals surface area contributed by atoms with E-state index >= 15 is 0 Å². The van der Waals surface area contributed by atoms with Crippen LogP contribution in [0.15, 0.2) is 75.4 Å². The molecule has 0 aliphatic carbocycles.